The van der Waals surface area contributed by atoms with Gasteiger partial charge in [0.1, 0.15) is 5.82 Å². The Kier molecular flexibility index (Phi) is 4.48. The summed E-state index contributed by atoms with van der Waals surface area (Å²) < 4.78 is 0. The second-order valence-electron chi connectivity index (χ2n) is 4.65. The van der Waals surface area contributed by atoms with Crippen molar-refractivity contribution in [2.75, 3.05) is 11.9 Å². The van der Waals surface area contributed by atoms with Crippen molar-refractivity contribution in [2.24, 2.45) is 11.7 Å². The van der Waals surface area contributed by atoms with Gasteiger partial charge in [0.15, 0.2) is 0 Å². The Morgan fingerprint density at radius 3 is 2.65 bits per heavy atom. The second-order valence-corrected chi connectivity index (χ2v) is 5.49. The normalized spacial score (nSPS) is 24.6. The number of pyridine rings is 1. The number of hydrogen-bond acceptors (Lipinski definition) is 3. The number of rotatable bonds is 3. The Balaban J connectivity index is 1.85. The summed E-state index contributed by atoms with van der Waals surface area (Å²) in [6, 6.07) is 2.10. The summed E-state index contributed by atoms with van der Waals surface area (Å²) in [6.07, 6.45) is 6.20. The van der Waals surface area contributed by atoms with E-state index in [1.54, 1.807) is 12.3 Å². The van der Waals surface area contributed by atoms with Gasteiger partial charge in [0.2, 0.25) is 0 Å². The van der Waals surface area contributed by atoms with Crippen LogP contribution >= 0.6 is 23.2 Å². The number of nitrogens with one attached hydrogen (secondary N) is 1. The zero-order chi connectivity index (χ0) is 12.3. The molecule has 1 aromatic rings. The fraction of sp³-hybridized carbons (Fsp3) is 0.583. The number of halogens is 2. The van der Waals surface area contributed by atoms with E-state index in [0.717, 1.165) is 19.4 Å². The van der Waals surface area contributed by atoms with Gasteiger partial charge >= 0.3 is 0 Å². The minimum atomic E-state index is 0.392. The van der Waals surface area contributed by atoms with Crippen molar-refractivity contribution in [3.05, 3.63) is 22.3 Å². The molecule has 1 heterocycles. The van der Waals surface area contributed by atoms with Crippen LogP contribution in [0.5, 0.6) is 0 Å². The van der Waals surface area contributed by atoms with Gasteiger partial charge in [-0.15, -0.1) is 0 Å². The lowest BCUT2D eigenvalue weighted by molar-refractivity contribution is 0.338. The average molecular weight is 274 g/mol. The Labute approximate surface area is 112 Å². The van der Waals surface area contributed by atoms with Crippen LogP contribution in [0.2, 0.25) is 10.0 Å². The van der Waals surface area contributed by atoms with Crippen molar-refractivity contribution in [2.45, 2.75) is 31.7 Å². The van der Waals surface area contributed by atoms with Crippen molar-refractivity contribution in [1.29, 1.82) is 0 Å². The monoisotopic (exact) mass is 273 g/mol. The van der Waals surface area contributed by atoms with Gasteiger partial charge in [-0.25, -0.2) is 4.98 Å². The molecule has 0 aromatic carbocycles. The molecule has 2 rings (SSSR count). The molecule has 0 radical (unpaired) electrons. The van der Waals surface area contributed by atoms with Crippen LogP contribution in [0.3, 0.4) is 0 Å². The molecular formula is C12H17Cl2N3. The number of anilines is 1. The lowest BCUT2D eigenvalue weighted by atomic mass is 9.86. The molecule has 3 N–H and O–H groups in total. The molecule has 0 spiro atoms. The summed E-state index contributed by atoms with van der Waals surface area (Å²) in [4.78, 5) is 4.18. The van der Waals surface area contributed by atoms with Gasteiger partial charge in [-0.3, -0.25) is 0 Å². The van der Waals surface area contributed by atoms with Crippen molar-refractivity contribution in [1.82, 2.24) is 4.98 Å². The van der Waals surface area contributed by atoms with Gasteiger partial charge in [0.05, 0.1) is 10.0 Å². The molecule has 94 valence electrons. The predicted octanol–water partition coefficient (Wildman–Crippen LogP) is 3.32. The Morgan fingerprint density at radius 2 is 2.00 bits per heavy atom. The zero-order valence-electron chi connectivity index (χ0n) is 9.63. The highest BCUT2D eigenvalue weighted by Crippen LogP contribution is 2.26. The van der Waals surface area contributed by atoms with Crippen LogP contribution in [-0.4, -0.2) is 17.6 Å². The zero-order valence-corrected chi connectivity index (χ0v) is 11.1. The lowest BCUT2D eigenvalue weighted by Gasteiger charge is -2.26. The van der Waals surface area contributed by atoms with Crippen LogP contribution in [0.4, 0.5) is 5.82 Å². The summed E-state index contributed by atoms with van der Waals surface area (Å²) in [5, 5.41) is 4.42. The fourth-order valence-corrected chi connectivity index (χ4v) is 2.62. The van der Waals surface area contributed by atoms with E-state index in [4.69, 9.17) is 28.9 Å². The van der Waals surface area contributed by atoms with E-state index in [9.17, 15) is 0 Å². The highest BCUT2D eigenvalue weighted by Gasteiger charge is 2.18. The van der Waals surface area contributed by atoms with Gasteiger partial charge in [0, 0.05) is 18.8 Å². The first kappa shape index (κ1) is 12.9. The highest BCUT2D eigenvalue weighted by molar-refractivity contribution is 6.35. The third-order valence-electron chi connectivity index (χ3n) is 3.26. The quantitative estimate of drug-likeness (QED) is 0.889. The van der Waals surface area contributed by atoms with E-state index in [2.05, 4.69) is 10.3 Å². The molecule has 1 fully saturated rings. The first-order chi connectivity index (χ1) is 8.15. The van der Waals surface area contributed by atoms with Crippen LogP contribution in [0, 0.1) is 5.92 Å². The van der Waals surface area contributed by atoms with E-state index in [0.29, 0.717) is 27.8 Å². The molecule has 0 bridgehead atoms. The summed E-state index contributed by atoms with van der Waals surface area (Å²) in [7, 11) is 0. The van der Waals surface area contributed by atoms with Gasteiger partial charge in [-0.05, 0) is 37.7 Å². The summed E-state index contributed by atoms with van der Waals surface area (Å²) in [5.41, 5.74) is 5.88. The largest absolute Gasteiger partial charge is 0.369 e. The molecule has 0 amide bonds. The molecule has 1 aromatic heterocycles. The van der Waals surface area contributed by atoms with Crippen molar-refractivity contribution >= 4 is 29.0 Å². The van der Waals surface area contributed by atoms with E-state index >= 15 is 0 Å². The number of nitrogens with two attached hydrogens (primary N) is 1. The van der Waals surface area contributed by atoms with E-state index in [-0.39, 0.29) is 0 Å². The van der Waals surface area contributed by atoms with Crippen LogP contribution in [-0.2, 0) is 0 Å². The van der Waals surface area contributed by atoms with Crippen molar-refractivity contribution in [3.63, 3.8) is 0 Å². The average Bonchev–Trinajstić information content (AvgIpc) is 2.30. The number of nitrogens with zero attached hydrogens (tertiary/aromatic N) is 1. The number of aromatic nitrogens is 1. The van der Waals surface area contributed by atoms with Gasteiger partial charge in [-0.1, -0.05) is 23.2 Å². The predicted molar refractivity (Wildman–Crippen MR) is 72.7 cm³/mol. The SMILES string of the molecule is NC1CCC(CNc2ncc(Cl)cc2Cl)CC1. The van der Waals surface area contributed by atoms with Crippen LogP contribution in [0.1, 0.15) is 25.7 Å². The van der Waals surface area contributed by atoms with Crippen LogP contribution in [0.15, 0.2) is 12.3 Å². The van der Waals surface area contributed by atoms with Crippen molar-refractivity contribution in [3.8, 4) is 0 Å². The fourth-order valence-electron chi connectivity index (χ4n) is 2.18. The van der Waals surface area contributed by atoms with E-state index < -0.39 is 0 Å². The first-order valence-corrected chi connectivity index (χ1v) is 6.71. The highest BCUT2D eigenvalue weighted by atomic mass is 35.5. The Bertz CT molecular complexity index is 376. The van der Waals surface area contributed by atoms with Gasteiger partial charge in [0.25, 0.3) is 0 Å². The minimum Gasteiger partial charge on any atom is -0.369 e. The molecule has 3 nitrogen and oxygen atoms in total. The third kappa shape index (κ3) is 3.73. The molecule has 1 saturated carbocycles. The first-order valence-electron chi connectivity index (χ1n) is 5.95. The minimum absolute atomic E-state index is 0.392. The maximum Gasteiger partial charge on any atom is 0.144 e. The number of hydrogen-bond donors (Lipinski definition) is 2. The summed E-state index contributed by atoms with van der Waals surface area (Å²) in [5.74, 6) is 1.38. The van der Waals surface area contributed by atoms with Gasteiger partial charge < -0.3 is 11.1 Å². The Hall–Kier alpha value is -0.510. The lowest BCUT2D eigenvalue weighted by Crippen LogP contribution is -2.29. The molecular weight excluding hydrogens is 257 g/mol. The molecule has 0 saturated heterocycles. The van der Waals surface area contributed by atoms with Gasteiger partial charge in [-0.2, -0.15) is 0 Å². The molecule has 1 aliphatic carbocycles. The molecule has 5 heteroatoms. The Morgan fingerprint density at radius 1 is 1.29 bits per heavy atom. The molecule has 0 aliphatic heterocycles. The van der Waals surface area contributed by atoms with Crippen molar-refractivity contribution < 1.29 is 0 Å². The topological polar surface area (TPSA) is 50.9 Å². The smallest absolute Gasteiger partial charge is 0.144 e. The van der Waals surface area contributed by atoms with Crippen LogP contribution in [0.25, 0.3) is 0 Å². The summed E-state index contributed by atoms with van der Waals surface area (Å²) >= 11 is 11.8. The van der Waals surface area contributed by atoms with E-state index in [1.165, 1.54) is 12.8 Å². The van der Waals surface area contributed by atoms with Crippen LogP contribution < -0.4 is 11.1 Å². The molecule has 17 heavy (non-hydrogen) atoms. The van der Waals surface area contributed by atoms with E-state index in [1.807, 2.05) is 0 Å². The molecule has 1 aliphatic rings. The third-order valence-corrected chi connectivity index (χ3v) is 3.75. The second kappa shape index (κ2) is 5.89. The summed E-state index contributed by atoms with van der Waals surface area (Å²) in [6.45, 7) is 0.904. The molecule has 0 unspecified atom stereocenters. The maximum atomic E-state index is 6.04. The standard InChI is InChI=1S/C12H17Cl2N3/c13-9-5-11(14)12(17-7-9)16-6-8-1-3-10(15)4-2-8/h5,7-8,10H,1-4,6,15H2,(H,16,17). The maximum absolute atomic E-state index is 6.04. The molecule has 0 atom stereocenters.